The van der Waals surface area contributed by atoms with Crippen LogP contribution in [0, 0.1) is 23.3 Å². The molecule has 2 N–H and O–H groups in total. The van der Waals surface area contributed by atoms with Crippen LogP contribution in [0.2, 0.25) is 0 Å². The van der Waals surface area contributed by atoms with Crippen LogP contribution in [-0.2, 0) is 17.6 Å². The molecule has 0 radical (unpaired) electrons. The van der Waals surface area contributed by atoms with Crippen LogP contribution in [0.1, 0.15) is 97.6 Å². The summed E-state index contributed by atoms with van der Waals surface area (Å²) in [7, 11) is 1.20. The van der Waals surface area contributed by atoms with Crippen LogP contribution in [0.4, 0.5) is 23.2 Å². The van der Waals surface area contributed by atoms with Gasteiger partial charge in [0.25, 0.3) is 11.6 Å². The van der Waals surface area contributed by atoms with Gasteiger partial charge in [-0.3, -0.25) is 9.59 Å². The lowest BCUT2D eigenvalue weighted by Crippen LogP contribution is -2.54. The average molecular weight is 731 g/mol. The largest absolute Gasteiger partial charge is 0.481 e. The molecule has 0 aliphatic carbocycles. The van der Waals surface area contributed by atoms with E-state index in [1.807, 2.05) is 18.4 Å². The van der Waals surface area contributed by atoms with Gasteiger partial charge >= 0.3 is 5.97 Å². The third-order valence-corrected chi connectivity index (χ3v) is 11.5. The second-order valence-corrected chi connectivity index (χ2v) is 15.5. The number of amides is 1. The third-order valence-electron chi connectivity index (χ3n) is 11.5. The number of nitrogens with zero attached hydrogens (tertiary/aromatic N) is 3. The summed E-state index contributed by atoms with van der Waals surface area (Å²) in [6, 6.07) is 3.54. The Labute approximate surface area is 303 Å². The van der Waals surface area contributed by atoms with Crippen LogP contribution in [0.25, 0.3) is 16.7 Å². The van der Waals surface area contributed by atoms with Gasteiger partial charge in [0.1, 0.15) is 18.0 Å². The molecule has 1 amide bonds. The second-order valence-electron chi connectivity index (χ2n) is 15.5. The summed E-state index contributed by atoms with van der Waals surface area (Å²) in [5.74, 6) is -9.65. The van der Waals surface area contributed by atoms with Crippen molar-refractivity contribution in [3.8, 4) is 11.5 Å². The van der Waals surface area contributed by atoms with Crippen molar-refractivity contribution in [2.75, 3.05) is 31.6 Å². The number of allylic oxidation sites excluding steroid dienone is 2. The molecule has 53 heavy (non-hydrogen) atoms. The molecule has 1 unspecified atom stereocenters. The number of carbonyl (C=O) groups excluding carboxylic acids is 1. The van der Waals surface area contributed by atoms with Gasteiger partial charge in [-0.05, 0) is 70.2 Å². The quantitative estimate of drug-likeness (QED) is 0.119. The van der Waals surface area contributed by atoms with E-state index in [0.717, 1.165) is 45.6 Å². The molecular weight excluding hydrogens is 690 g/mol. The van der Waals surface area contributed by atoms with Crippen molar-refractivity contribution < 1.29 is 42.1 Å². The third kappa shape index (κ3) is 5.01. The van der Waals surface area contributed by atoms with Gasteiger partial charge in [0, 0.05) is 78.2 Å². The van der Waals surface area contributed by atoms with Gasteiger partial charge in [-0.1, -0.05) is 6.08 Å². The Morgan fingerprint density at radius 2 is 1.58 bits per heavy atom. The van der Waals surface area contributed by atoms with Gasteiger partial charge in [0.05, 0.1) is 28.8 Å². The highest BCUT2D eigenvalue weighted by molar-refractivity contribution is 6.03. The maximum absolute atomic E-state index is 16.8. The molecule has 0 bridgehead atoms. The van der Waals surface area contributed by atoms with E-state index in [-0.39, 0.29) is 21.9 Å². The maximum Gasteiger partial charge on any atom is 0.305 e. The monoisotopic (exact) mass is 730 g/mol. The smallest absolute Gasteiger partial charge is 0.305 e. The summed E-state index contributed by atoms with van der Waals surface area (Å²) in [6.07, 6.45) is 5.80. The minimum atomic E-state index is -2.15. The minimum Gasteiger partial charge on any atom is -0.481 e. The predicted octanol–water partition coefficient (Wildman–Crippen LogP) is 5.65. The summed E-state index contributed by atoms with van der Waals surface area (Å²) in [5, 5.41) is 21.8. The Kier molecular flexibility index (Phi) is 7.79. The van der Waals surface area contributed by atoms with Gasteiger partial charge in [0.15, 0.2) is 23.3 Å². The van der Waals surface area contributed by atoms with Gasteiger partial charge < -0.3 is 24.7 Å². The molecule has 0 aromatic heterocycles. The number of halogens is 4. The SMILES string of the molecule is CC1=CC(C)(C)N2CCCc3c4c(cc1c32)C(c1c(F)c(F)c(F)c(F)c1C(=O)N(C)CCC(=O)O)=c1cc2c3c(c1O4)CCC[N+]=3C(C)(O)C=C2C. The summed E-state index contributed by atoms with van der Waals surface area (Å²) < 4.78 is 72.7. The number of anilines is 1. The molecule has 8 rings (SSSR count). The predicted molar refractivity (Wildman–Crippen MR) is 191 cm³/mol. The molecule has 3 aromatic carbocycles. The van der Waals surface area contributed by atoms with Crippen LogP contribution in [-0.4, -0.2) is 64.9 Å². The molecule has 1 atom stereocenters. The number of aliphatic hydroxyl groups is 1. The zero-order chi connectivity index (χ0) is 38.0. The van der Waals surface area contributed by atoms with Crippen molar-refractivity contribution in [1.29, 1.82) is 0 Å². The van der Waals surface area contributed by atoms with Crippen LogP contribution in [0.5, 0.6) is 11.5 Å². The minimum absolute atomic E-state index is 0.0401. The Hall–Kier alpha value is -4.97. The molecule has 0 spiro atoms. The van der Waals surface area contributed by atoms with Crippen molar-refractivity contribution in [3.05, 3.63) is 97.1 Å². The van der Waals surface area contributed by atoms with Gasteiger partial charge in [0.2, 0.25) is 5.36 Å². The van der Waals surface area contributed by atoms with Crippen LogP contribution < -0.4 is 24.8 Å². The summed E-state index contributed by atoms with van der Waals surface area (Å²) in [6.45, 7) is 10.6. The lowest BCUT2D eigenvalue weighted by molar-refractivity contribution is -0.137. The van der Waals surface area contributed by atoms with Gasteiger partial charge in [-0.15, -0.1) is 0 Å². The number of aliphatic carboxylic acids is 1. The van der Waals surface area contributed by atoms with E-state index in [0.29, 0.717) is 54.0 Å². The first-order chi connectivity index (χ1) is 24.9. The number of carboxylic acids is 1. The number of hydrogen-bond donors (Lipinski definition) is 2. The normalized spacial score (nSPS) is 20.4. The highest BCUT2D eigenvalue weighted by Gasteiger charge is 2.44. The Morgan fingerprint density at radius 1 is 0.906 bits per heavy atom. The lowest BCUT2D eigenvalue weighted by atomic mass is 9.78. The second kappa shape index (κ2) is 11.8. The average Bonchev–Trinajstić information content (AvgIpc) is 3.10. The molecule has 0 saturated carbocycles. The molecule has 0 saturated heterocycles. The lowest BCUT2D eigenvalue weighted by Gasteiger charge is -2.47. The number of fused-ring (bicyclic) bond motifs is 4. The van der Waals surface area contributed by atoms with Crippen molar-refractivity contribution in [2.45, 2.75) is 78.0 Å². The maximum atomic E-state index is 16.8. The molecule has 276 valence electrons. The van der Waals surface area contributed by atoms with Crippen LogP contribution in [0.3, 0.4) is 0 Å². The number of hydrogen-bond acceptors (Lipinski definition) is 5. The first-order valence-electron chi connectivity index (χ1n) is 17.9. The molecule has 5 aliphatic rings. The van der Waals surface area contributed by atoms with E-state index in [1.54, 1.807) is 25.1 Å². The van der Waals surface area contributed by atoms with E-state index >= 15 is 17.6 Å². The fourth-order valence-corrected chi connectivity index (χ4v) is 9.18. The molecular formula is C41H40F4N3O5+. The van der Waals surface area contributed by atoms with E-state index in [1.165, 1.54) is 7.05 Å². The highest BCUT2D eigenvalue weighted by Crippen LogP contribution is 2.53. The highest BCUT2D eigenvalue weighted by atomic mass is 19.2. The van der Waals surface area contributed by atoms with Crippen molar-refractivity contribution >= 4 is 34.3 Å². The standard InChI is InChI=1S/C41H39F4N3O5/c1-19-17-40(3,4)47-12-7-9-21-35(47)23(19)15-25-28(29-30(32(43)34(45)33(44)31(29)42)39(51)46(6)14-11-27(49)50)26-16-24-20(2)18-41(5,52)48-13-8-10-22(36(24)48)38(26)53-37(21)25/h15-18,52H,7-14H2,1-6H3/p+1. The Balaban J connectivity index is 1.57. The first-order valence-corrected chi connectivity index (χ1v) is 17.9. The van der Waals surface area contributed by atoms with Crippen LogP contribution >= 0.6 is 0 Å². The fourth-order valence-electron chi connectivity index (χ4n) is 9.18. The fraction of sp³-hybridized carbons (Fsp3) is 0.390. The zero-order valence-electron chi connectivity index (χ0n) is 30.4. The molecule has 5 heterocycles. The van der Waals surface area contributed by atoms with Gasteiger partial charge in [-0.25, -0.2) is 17.6 Å². The summed E-state index contributed by atoms with van der Waals surface area (Å²) >= 11 is 0. The Bertz CT molecular complexity index is 2430. The van der Waals surface area contributed by atoms with Crippen molar-refractivity contribution in [1.82, 2.24) is 9.48 Å². The topological polar surface area (TPSA) is 93.3 Å². The van der Waals surface area contributed by atoms with E-state index in [9.17, 15) is 19.8 Å². The first kappa shape index (κ1) is 35.1. The molecule has 0 fully saturated rings. The van der Waals surface area contributed by atoms with E-state index in [4.69, 9.17) is 4.74 Å². The summed E-state index contributed by atoms with van der Waals surface area (Å²) in [5.41, 5.74) is 2.36. The zero-order valence-corrected chi connectivity index (χ0v) is 30.4. The molecule has 3 aromatic rings. The summed E-state index contributed by atoms with van der Waals surface area (Å²) in [4.78, 5) is 28.6. The Morgan fingerprint density at radius 3 is 2.30 bits per heavy atom. The van der Waals surface area contributed by atoms with Crippen molar-refractivity contribution in [3.63, 3.8) is 0 Å². The molecule has 5 aliphatic heterocycles. The van der Waals surface area contributed by atoms with Crippen molar-refractivity contribution in [2.24, 2.45) is 0 Å². The molecule has 8 nitrogen and oxygen atoms in total. The van der Waals surface area contributed by atoms with Gasteiger partial charge in [-0.2, -0.15) is 4.58 Å². The number of carboxylic acid groups (broad SMARTS) is 1. The van der Waals surface area contributed by atoms with E-state index in [2.05, 4.69) is 24.8 Å². The van der Waals surface area contributed by atoms with Crippen LogP contribution in [0.15, 0.2) is 24.3 Å². The molecule has 12 heteroatoms. The number of rotatable bonds is 5. The number of carbonyl (C=O) groups is 2. The number of ether oxygens (including phenoxy) is 1. The number of benzene rings is 3. The van der Waals surface area contributed by atoms with E-state index < -0.39 is 65.0 Å².